The number of ether oxygens (including phenoxy) is 1. The Balaban J connectivity index is 1.54. The van der Waals surface area contributed by atoms with Crippen molar-refractivity contribution in [1.29, 1.82) is 0 Å². The highest BCUT2D eigenvalue weighted by Gasteiger charge is 2.16. The van der Waals surface area contributed by atoms with Crippen LogP contribution in [-0.4, -0.2) is 12.5 Å². The Bertz CT molecular complexity index is 796. The van der Waals surface area contributed by atoms with Crippen LogP contribution < -0.4 is 10.1 Å². The molecule has 3 aromatic rings. The maximum atomic E-state index is 12.5. The molecular formula is C23H22BrNO2. The van der Waals surface area contributed by atoms with E-state index in [0.29, 0.717) is 19.4 Å². The van der Waals surface area contributed by atoms with Crippen molar-refractivity contribution in [2.24, 2.45) is 0 Å². The van der Waals surface area contributed by atoms with E-state index < -0.39 is 0 Å². The lowest BCUT2D eigenvalue weighted by molar-refractivity contribution is -0.121. The third-order valence-corrected chi connectivity index (χ3v) is 4.73. The molecule has 0 unspecified atom stereocenters. The van der Waals surface area contributed by atoms with Crippen LogP contribution in [0.5, 0.6) is 5.75 Å². The van der Waals surface area contributed by atoms with Gasteiger partial charge in [0.1, 0.15) is 5.75 Å². The van der Waals surface area contributed by atoms with Gasteiger partial charge in [0.05, 0.1) is 12.6 Å². The van der Waals surface area contributed by atoms with Gasteiger partial charge in [-0.1, -0.05) is 76.6 Å². The summed E-state index contributed by atoms with van der Waals surface area (Å²) in [6.45, 7) is 0.510. The highest BCUT2D eigenvalue weighted by atomic mass is 79.9. The molecule has 0 bridgehead atoms. The third-order valence-electron chi connectivity index (χ3n) is 4.20. The number of nitrogens with one attached hydrogen (secondary N) is 1. The summed E-state index contributed by atoms with van der Waals surface area (Å²) in [5, 5.41) is 3.16. The van der Waals surface area contributed by atoms with Crippen LogP contribution >= 0.6 is 15.9 Å². The molecule has 0 aliphatic rings. The SMILES string of the molecule is O=C(CCCOc1ccc(Br)cc1)NC(c1ccccc1)c1ccccc1. The van der Waals surface area contributed by atoms with Crippen molar-refractivity contribution in [3.05, 3.63) is 101 Å². The quantitative estimate of drug-likeness (QED) is 0.484. The van der Waals surface area contributed by atoms with Crippen LogP contribution in [0.15, 0.2) is 89.4 Å². The first kappa shape index (κ1) is 19.2. The molecule has 0 saturated heterocycles. The third kappa shape index (κ3) is 5.97. The van der Waals surface area contributed by atoms with Crippen molar-refractivity contribution in [3.8, 4) is 5.75 Å². The van der Waals surface area contributed by atoms with Crippen LogP contribution in [0, 0.1) is 0 Å². The molecule has 0 spiro atoms. The maximum absolute atomic E-state index is 12.5. The monoisotopic (exact) mass is 423 g/mol. The lowest BCUT2D eigenvalue weighted by Gasteiger charge is -2.20. The smallest absolute Gasteiger partial charge is 0.220 e. The normalized spacial score (nSPS) is 10.6. The first-order valence-electron chi connectivity index (χ1n) is 9.00. The summed E-state index contributed by atoms with van der Waals surface area (Å²) in [6.07, 6.45) is 1.09. The van der Waals surface area contributed by atoms with Gasteiger partial charge in [-0.2, -0.15) is 0 Å². The summed E-state index contributed by atoms with van der Waals surface area (Å²) in [7, 11) is 0. The summed E-state index contributed by atoms with van der Waals surface area (Å²) in [4.78, 5) is 12.5. The van der Waals surface area contributed by atoms with Gasteiger partial charge < -0.3 is 10.1 Å². The molecule has 0 saturated carbocycles. The average Bonchev–Trinajstić information content (AvgIpc) is 2.72. The lowest BCUT2D eigenvalue weighted by atomic mass is 9.98. The predicted octanol–water partition coefficient (Wildman–Crippen LogP) is 5.51. The van der Waals surface area contributed by atoms with E-state index in [1.807, 2.05) is 84.9 Å². The number of benzene rings is 3. The molecule has 27 heavy (non-hydrogen) atoms. The minimum absolute atomic E-state index is 0.0205. The van der Waals surface area contributed by atoms with E-state index in [-0.39, 0.29) is 11.9 Å². The second-order valence-corrected chi connectivity index (χ2v) is 7.14. The molecule has 0 aliphatic heterocycles. The number of halogens is 1. The average molecular weight is 424 g/mol. The zero-order valence-corrected chi connectivity index (χ0v) is 16.6. The predicted molar refractivity (Wildman–Crippen MR) is 112 cm³/mol. The highest BCUT2D eigenvalue weighted by molar-refractivity contribution is 9.10. The molecule has 3 rings (SSSR count). The molecular weight excluding hydrogens is 402 g/mol. The molecule has 0 aromatic heterocycles. The number of amides is 1. The molecule has 3 aromatic carbocycles. The highest BCUT2D eigenvalue weighted by Crippen LogP contribution is 2.22. The fourth-order valence-electron chi connectivity index (χ4n) is 2.84. The van der Waals surface area contributed by atoms with Crippen LogP contribution in [0.3, 0.4) is 0 Å². The zero-order chi connectivity index (χ0) is 18.9. The number of rotatable bonds is 8. The van der Waals surface area contributed by atoms with Gasteiger partial charge in [-0.15, -0.1) is 0 Å². The molecule has 0 heterocycles. The number of hydrogen-bond donors (Lipinski definition) is 1. The Labute approximate surface area is 168 Å². The van der Waals surface area contributed by atoms with Crippen LogP contribution in [-0.2, 0) is 4.79 Å². The zero-order valence-electron chi connectivity index (χ0n) is 15.0. The molecule has 0 fully saturated rings. The topological polar surface area (TPSA) is 38.3 Å². The second-order valence-electron chi connectivity index (χ2n) is 6.23. The molecule has 0 aliphatic carbocycles. The van der Waals surface area contributed by atoms with E-state index in [1.54, 1.807) is 0 Å². The Kier molecular flexibility index (Phi) is 7.05. The second kappa shape index (κ2) is 9.93. The minimum atomic E-state index is -0.146. The van der Waals surface area contributed by atoms with Gasteiger partial charge in [-0.3, -0.25) is 4.79 Å². The Morgan fingerprint density at radius 1 is 0.852 bits per heavy atom. The van der Waals surface area contributed by atoms with Gasteiger partial charge >= 0.3 is 0 Å². The van der Waals surface area contributed by atoms with Crippen LogP contribution in [0.2, 0.25) is 0 Å². The van der Waals surface area contributed by atoms with E-state index in [4.69, 9.17) is 4.74 Å². The van der Waals surface area contributed by atoms with E-state index in [2.05, 4.69) is 21.2 Å². The number of carbonyl (C=O) groups is 1. The molecule has 1 amide bonds. The summed E-state index contributed by atoms with van der Waals surface area (Å²) in [6, 6.07) is 27.6. The maximum Gasteiger partial charge on any atom is 0.220 e. The molecule has 4 heteroatoms. The first-order chi connectivity index (χ1) is 13.2. The fourth-order valence-corrected chi connectivity index (χ4v) is 3.10. The van der Waals surface area contributed by atoms with Gasteiger partial charge in [-0.05, 0) is 41.8 Å². The molecule has 1 N–H and O–H groups in total. The molecule has 0 radical (unpaired) electrons. The van der Waals surface area contributed by atoms with Gasteiger partial charge in [0.25, 0.3) is 0 Å². The van der Waals surface area contributed by atoms with E-state index in [1.165, 1.54) is 0 Å². The summed E-state index contributed by atoms with van der Waals surface area (Å²) >= 11 is 3.40. The van der Waals surface area contributed by atoms with Crippen molar-refractivity contribution >= 4 is 21.8 Å². The minimum Gasteiger partial charge on any atom is -0.494 e. The summed E-state index contributed by atoms with van der Waals surface area (Å²) in [5.74, 6) is 0.831. The number of carbonyl (C=O) groups excluding carboxylic acids is 1. The fraction of sp³-hybridized carbons (Fsp3) is 0.174. The van der Waals surface area contributed by atoms with Gasteiger partial charge in [0.15, 0.2) is 0 Å². The molecule has 138 valence electrons. The Morgan fingerprint density at radius 2 is 1.41 bits per heavy atom. The van der Waals surface area contributed by atoms with Gasteiger partial charge in [0, 0.05) is 10.9 Å². The molecule has 3 nitrogen and oxygen atoms in total. The van der Waals surface area contributed by atoms with Gasteiger partial charge in [-0.25, -0.2) is 0 Å². The van der Waals surface area contributed by atoms with Crippen LogP contribution in [0.1, 0.15) is 30.0 Å². The Morgan fingerprint density at radius 3 is 1.96 bits per heavy atom. The largest absolute Gasteiger partial charge is 0.494 e. The van der Waals surface area contributed by atoms with Gasteiger partial charge in [0.2, 0.25) is 5.91 Å². The van der Waals surface area contributed by atoms with Crippen LogP contribution in [0.4, 0.5) is 0 Å². The van der Waals surface area contributed by atoms with Crippen molar-refractivity contribution in [2.75, 3.05) is 6.61 Å². The van der Waals surface area contributed by atoms with Crippen molar-refractivity contribution in [2.45, 2.75) is 18.9 Å². The van der Waals surface area contributed by atoms with E-state index in [9.17, 15) is 4.79 Å². The first-order valence-corrected chi connectivity index (χ1v) is 9.79. The van der Waals surface area contributed by atoms with Crippen molar-refractivity contribution < 1.29 is 9.53 Å². The van der Waals surface area contributed by atoms with Crippen LogP contribution in [0.25, 0.3) is 0 Å². The molecule has 0 atom stereocenters. The Hall–Kier alpha value is -2.59. The van der Waals surface area contributed by atoms with Crippen molar-refractivity contribution in [1.82, 2.24) is 5.32 Å². The number of hydrogen-bond acceptors (Lipinski definition) is 2. The lowest BCUT2D eigenvalue weighted by Crippen LogP contribution is -2.29. The summed E-state index contributed by atoms with van der Waals surface area (Å²) in [5.41, 5.74) is 2.14. The van der Waals surface area contributed by atoms with E-state index in [0.717, 1.165) is 21.3 Å². The van der Waals surface area contributed by atoms with E-state index >= 15 is 0 Å². The standard InChI is InChI=1S/C23H22BrNO2/c24-20-13-15-21(16-14-20)27-17-7-12-22(26)25-23(18-8-3-1-4-9-18)19-10-5-2-6-11-19/h1-6,8-11,13-16,23H,7,12,17H2,(H,25,26). The summed E-state index contributed by atoms with van der Waals surface area (Å²) < 4.78 is 6.70. The van der Waals surface area contributed by atoms with Crippen molar-refractivity contribution in [3.63, 3.8) is 0 Å².